The number of nitrogens with zero attached hydrogens (tertiary/aromatic N) is 3. The number of rotatable bonds is 9. The van der Waals surface area contributed by atoms with E-state index in [4.69, 9.17) is 5.73 Å². The Bertz CT molecular complexity index is 1220. The zero-order valence-corrected chi connectivity index (χ0v) is 22.3. The molecule has 202 valence electrons. The minimum absolute atomic E-state index is 0.108. The average molecular weight is 520 g/mol. The molecule has 0 radical (unpaired) electrons. The lowest BCUT2D eigenvalue weighted by molar-refractivity contribution is -0.142. The molecule has 2 aromatic carbocycles. The standard InChI is InChI=1S/C29H37N5O4/c1-28(2,30)26(37)31-23(14-13-21-11-7-8-12-22(21)18-35)25(36)34-16-15-24-29(19-34,27(38)33(3)32-24)17-20-9-5-4-6-10-20/h4-12,23,35H,13-19,30H2,1-3H3,(H,31,37)/t23-,29-/m1/s1. The molecule has 1 fully saturated rings. The molecule has 4 N–H and O–H groups in total. The van der Waals surface area contributed by atoms with Gasteiger partial charge in [-0.3, -0.25) is 14.4 Å². The second-order valence-electron chi connectivity index (χ2n) is 10.8. The fourth-order valence-electron chi connectivity index (χ4n) is 5.29. The number of carbonyl (C=O) groups excluding carboxylic acids is 3. The number of amides is 3. The summed E-state index contributed by atoms with van der Waals surface area (Å²) in [5, 5.41) is 18.5. The molecule has 9 nitrogen and oxygen atoms in total. The van der Waals surface area contributed by atoms with Crippen molar-refractivity contribution < 1.29 is 19.5 Å². The number of hydrogen-bond donors (Lipinski definition) is 3. The van der Waals surface area contributed by atoms with E-state index in [9.17, 15) is 19.5 Å². The van der Waals surface area contributed by atoms with E-state index in [1.165, 1.54) is 5.01 Å². The molecular formula is C29H37N5O4. The number of carbonyl (C=O) groups is 3. The van der Waals surface area contributed by atoms with Crippen molar-refractivity contribution in [2.75, 3.05) is 20.1 Å². The van der Waals surface area contributed by atoms with Gasteiger partial charge in [0.15, 0.2) is 0 Å². The molecule has 2 aliphatic heterocycles. The second kappa shape index (κ2) is 11.0. The van der Waals surface area contributed by atoms with Gasteiger partial charge < -0.3 is 21.1 Å². The van der Waals surface area contributed by atoms with Crippen LogP contribution in [0.15, 0.2) is 59.7 Å². The van der Waals surface area contributed by atoms with Crippen molar-refractivity contribution in [2.45, 2.75) is 57.7 Å². The summed E-state index contributed by atoms with van der Waals surface area (Å²) < 4.78 is 0. The molecule has 1 saturated heterocycles. The van der Waals surface area contributed by atoms with Crippen LogP contribution in [0.5, 0.6) is 0 Å². The van der Waals surface area contributed by atoms with Gasteiger partial charge in [0, 0.05) is 26.6 Å². The second-order valence-corrected chi connectivity index (χ2v) is 10.8. The fraction of sp³-hybridized carbons (Fsp3) is 0.448. The quantitative estimate of drug-likeness (QED) is 0.464. The van der Waals surface area contributed by atoms with Gasteiger partial charge in [0.05, 0.1) is 17.9 Å². The third kappa shape index (κ3) is 5.63. The van der Waals surface area contributed by atoms with Gasteiger partial charge in [0.2, 0.25) is 11.8 Å². The number of nitrogens with one attached hydrogen (secondary N) is 1. The maximum absolute atomic E-state index is 14.0. The SMILES string of the molecule is CN1N=C2CCN(C(=O)[C@@H](CCc3ccccc3CO)NC(=O)C(C)(C)N)C[C@@]2(Cc2ccccc2)C1=O. The van der Waals surface area contributed by atoms with Gasteiger partial charge in [0.25, 0.3) is 5.91 Å². The van der Waals surface area contributed by atoms with Crippen molar-refractivity contribution in [3.05, 3.63) is 71.3 Å². The van der Waals surface area contributed by atoms with E-state index in [0.29, 0.717) is 32.2 Å². The molecule has 4 rings (SSSR count). The maximum atomic E-state index is 14.0. The minimum Gasteiger partial charge on any atom is -0.392 e. The third-order valence-corrected chi connectivity index (χ3v) is 7.45. The van der Waals surface area contributed by atoms with Crippen molar-refractivity contribution in [3.63, 3.8) is 0 Å². The summed E-state index contributed by atoms with van der Waals surface area (Å²) in [5.74, 6) is -0.812. The van der Waals surface area contributed by atoms with E-state index >= 15 is 0 Å². The first-order valence-electron chi connectivity index (χ1n) is 13.0. The Labute approximate surface area is 223 Å². The van der Waals surface area contributed by atoms with Crippen molar-refractivity contribution in [1.29, 1.82) is 0 Å². The highest BCUT2D eigenvalue weighted by Crippen LogP contribution is 2.38. The Hall–Kier alpha value is -3.56. The molecule has 9 heteroatoms. The normalized spacial score (nSPS) is 20.1. The zero-order chi connectivity index (χ0) is 27.5. The lowest BCUT2D eigenvalue weighted by Gasteiger charge is -2.41. The Morgan fingerprint density at radius 2 is 1.79 bits per heavy atom. The number of aliphatic hydroxyl groups excluding tert-OH is 1. The van der Waals surface area contributed by atoms with Gasteiger partial charge in [-0.05, 0) is 49.8 Å². The third-order valence-electron chi connectivity index (χ3n) is 7.45. The van der Waals surface area contributed by atoms with Crippen molar-refractivity contribution >= 4 is 23.4 Å². The number of fused-ring (bicyclic) bond motifs is 1. The number of nitrogens with two attached hydrogens (primary N) is 1. The zero-order valence-electron chi connectivity index (χ0n) is 22.3. The molecule has 38 heavy (non-hydrogen) atoms. The number of hydrogen-bond acceptors (Lipinski definition) is 6. The number of likely N-dealkylation sites (tertiary alicyclic amines) is 1. The molecular weight excluding hydrogens is 482 g/mol. The molecule has 0 bridgehead atoms. The van der Waals surface area contributed by atoms with E-state index < -0.39 is 22.9 Å². The Balaban J connectivity index is 1.59. The molecule has 2 atom stereocenters. The molecule has 2 heterocycles. The molecule has 0 aliphatic carbocycles. The van der Waals surface area contributed by atoms with Crippen LogP contribution in [0.4, 0.5) is 0 Å². The van der Waals surface area contributed by atoms with E-state index in [0.717, 1.165) is 22.4 Å². The van der Waals surface area contributed by atoms with Crippen molar-refractivity contribution in [3.8, 4) is 0 Å². The Kier molecular flexibility index (Phi) is 7.99. The van der Waals surface area contributed by atoms with Crippen LogP contribution < -0.4 is 11.1 Å². The average Bonchev–Trinajstić information content (AvgIpc) is 3.14. The number of hydrazone groups is 1. The Morgan fingerprint density at radius 3 is 2.45 bits per heavy atom. The van der Waals surface area contributed by atoms with Gasteiger partial charge >= 0.3 is 0 Å². The van der Waals surface area contributed by atoms with Gasteiger partial charge in [-0.15, -0.1) is 0 Å². The highest BCUT2D eigenvalue weighted by atomic mass is 16.3. The van der Waals surface area contributed by atoms with Crippen LogP contribution in [-0.4, -0.2) is 70.2 Å². The predicted molar refractivity (Wildman–Crippen MR) is 145 cm³/mol. The van der Waals surface area contributed by atoms with Crippen molar-refractivity contribution in [2.24, 2.45) is 16.3 Å². The highest BCUT2D eigenvalue weighted by molar-refractivity contribution is 6.13. The summed E-state index contributed by atoms with van der Waals surface area (Å²) in [6.07, 6.45) is 1.73. The predicted octanol–water partition coefficient (Wildman–Crippen LogP) is 1.62. The number of aliphatic hydroxyl groups is 1. The number of piperidine rings is 1. The lowest BCUT2D eigenvalue weighted by Crippen LogP contribution is -2.60. The van der Waals surface area contributed by atoms with Crippen LogP contribution in [0.2, 0.25) is 0 Å². The summed E-state index contributed by atoms with van der Waals surface area (Å²) in [7, 11) is 1.65. The molecule has 2 aliphatic rings. The van der Waals surface area contributed by atoms with E-state index in [1.807, 2.05) is 54.6 Å². The summed E-state index contributed by atoms with van der Waals surface area (Å²) >= 11 is 0. The summed E-state index contributed by atoms with van der Waals surface area (Å²) in [4.78, 5) is 42.0. The first-order chi connectivity index (χ1) is 18.0. The fourth-order valence-corrected chi connectivity index (χ4v) is 5.29. The van der Waals surface area contributed by atoms with Crippen LogP contribution in [-0.2, 0) is 33.8 Å². The molecule has 0 aromatic heterocycles. The number of benzene rings is 2. The van der Waals surface area contributed by atoms with E-state index in [1.54, 1.807) is 25.8 Å². The number of aryl methyl sites for hydroxylation is 1. The topological polar surface area (TPSA) is 128 Å². The minimum atomic E-state index is -1.16. The molecule has 3 amide bonds. The van der Waals surface area contributed by atoms with E-state index in [2.05, 4.69) is 10.4 Å². The van der Waals surface area contributed by atoms with Crippen LogP contribution in [0.25, 0.3) is 0 Å². The monoisotopic (exact) mass is 519 g/mol. The van der Waals surface area contributed by atoms with Crippen LogP contribution in [0.1, 0.15) is 43.4 Å². The largest absolute Gasteiger partial charge is 0.392 e. The van der Waals surface area contributed by atoms with Gasteiger partial charge in [0.1, 0.15) is 11.5 Å². The van der Waals surface area contributed by atoms with Crippen LogP contribution >= 0.6 is 0 Å². The van der Waals surface area contributed by atoms with Crippen LogP contribution in [0.3, 0.4) is 0 Å². The van der Waals surface area contributed by atoms with Crippen molar-refractivity contribution in [1.82, 2.24) is 15.2 Å². The van der Waals surface area contributed by atoms with Gasteiger partial charge in [-0.1, -0.05) is 54.6 Å². The Morgan fingerprint density at radius 1 is 1.13 bits per heavy atom. The van der Waals surface area contributed by atoms with Gasteiger partial charge in [-0.2, -0.15) is 5.10 Å². The van der Waals surface area contributed by atoms with Crippen LogP contribution in [0, 0.1) is 5.41 Å². The summed E-state index contributed by atoms with van der Waals surface area (Å²) in [6, 6.07) is 16.4. The summed E-state index contributed by atoms with van der Waals surface area (Å²) in [6.45, 7) is 3.67. The molecule has 0 unspecified atom stereocenters. The first-order valence-corrected chi connectivity index (χ1v) is 13.0. The lowest BCUT2D eigenvalue weighted by atomic mass is 9.73. The van der Waals surface area contributed by atoms with E-state index in [-0.39, 0.29) is 25.0 Å². The molecule has 0 spiro atoms. The van der Waals surface area contributed by atoms with Gasteiger partial charge in [-0.25, -0.2) is 5.01 Å². The molecule has 2 aromatic rings. The molecule has 0 saturated carbocycles. The maximum Gasteiger partial charge on any atom is 0.256 e. The smallest absolute Gasteiger partial charge is 0.256 e. The summed E-state index contributed by atoms with van der Waals surface area (Å²) in [5.41, 5.74) is 7.41. The first kappa shape index (κ1) is 27.5. The highest BCUT2D eigenvalue weighted by Gasteiger charge is 2.53.